The number of nitrogens with one attached hydrogen (secondary N) is 1. The highest BCUT2D eigenvalue weighted by molar-refractivity contribution is 9.10. The summed E-state index contributed by atoms with van der Waals surface area (Å²) in [6, 6.07) is 2.08. The van der Waals surface area contributed by atoms with Gasteiger partial charge in [0, 0.05) is 21.5 Å². The molecule has 0 heterocycles. The predicted molar refractivity (Wildman–Crippen MR) is 88.4 cm³/mol. The third-order valence-electron chi connectivity index (χ3n) is 3.62. The first-order chi connectivity index (χ1) is 9.83. The Hall–Kier alpha value is -0.310. The van der Waals surface area contributed by atoms with Crippen LogP contribution in [0.15, 0.2) is 21.5 Å². The maximum atomic E-state index is 13.9. The zero-order chi connectivity index (χ0) is 15.6. The van der Waals surface area contributed by atoms with Gasteiger partial charge in [0.05, 0.1) is 0 Å². The summed E-state index contributed by atoms with van der Waals surface area (Å²) in [5, 5.41) is 0.450. The van der Waals surface area contributed by atoms with Gasteiger partial charge in [0.25, 0.3) is 0 Å². The molecule has 1 aromatic rings. The molecule has 0 bridgehead atoms. The van der Waals surface area contributed by atoms with E-state index in [0.717, 1.165) is 37.8 Å². The van der Waals surface area contributed by atoms with E-state index in [-0.39, 0.29) is 11.7 Å². The number of hydrogen-bond donors (Lipinski definition) is 2. The molecular formula is C13H18BrFN2O2S2. The van der Waals surface area contributed by atoms with Crippen LogP contribution in [0.25, 0.3) is 0 Å². The van der Waals surface area contributed by atoms with Gasteiger partial charge in [-0.2, -0.15) is 11.8 Å². The zero-order valence-electron chi connectivity index (χ0n) is 11.6. The van der Waals surface area contributed by atoms with Gasteiger partial charge in [0.1, 0.15) is 10.7 Å². The van der Waals surface area contributed by atoms with Gasteiger partial charge in [-0.15, -0.1) is 0 Å². The van der Waals surface area contributed by atoms with E-state index in [0.29, 0.717) is 9.72 Å². The number of nitrogens with two attached hydrogens (primary N) is 1. The SMILES string of the molecule is CSC1CCCC(NS(=O)(=O)c2cc(N)c(Br)cc2F)C1. The van der Waals surface area contributed by atoms with Crippen LogP contribution in [0.5, 0.6) is 0 Å². The molecular weight excluding hydrogens is 379 g/mol. The molecule has 0 aliphatic heterocycles. The van der Waals surface area contributed by atoms with Crippen molar-refractivity contribution in [1.29, 1.82) is 0 Å². The topological polar surface area (TPSA) is 72.2 Å². The van der Waals surface area contributed by atoms with Crippen LogP contribution in [0.2, 0.25) is 0 Å². The van der Waals surface area contributed by atoms with E-state index in [1.54, 1.807) is 11.8 Å². The molecule has 1 aromatic carbocycles. The third kappa shape index (κ3) is 4.12. The second-order valence-electron chi connectivity index (χ2n) is 5.15. The van der Waals surface area contributed by atoms with E-state index in [2.05, 4.69) is 20.7 Å². The molecule has 0 aromatic heterocycles. The Morgan fingerprint density at radius 1 is 1.43 bits per heavy atom. The van der Waals surface area contributed by atoms with Crippen molar-refractivity contribution in [2.75, 3.05) is 12.0 Å². The summed E-state index contributed by atoms with van der Waals surface area (Å²) in [5.41, 5.74) is 5.85. The van der Waals surface area contributed by atoms with E-state index >= 15 is 0 Å². The summed E-state index contributed by atoms with van der Waals surface area (Å²) in [7, 11) is -3.90. The molecule has 1 fully saturated rings. The fraction of sp³-hybridized carbons (Fsp3) is 0.538. The molecule has 0 radical (unpaired) electrons. The lowest BCUT2D eigenvalue weighted by Crippen LogP contribution is -2.39. The molecule has 2 unspecified atom stereocenters. The minimum atomic E-state index is -3.90. The van der Waals surface area contributed by atoms with Gasteiger partial charge >= 0.3 is 0 Å². The molecule has 1 aliphatic rings. The lowest BCUT2D eigenvalue weighted by Gasteiger charge is -2.28. The largest absolute Gasteiger partial charge is 0.398 e. The molecule has 1 aliphatic carbocycles. The van der Waals surface area contributed by atoms with Crippen LogP contribution in [-0.2, 0) is 10.0 Å². The monoisotopic (exact) mass is 396 g/mol. The van der Waals surface area contributed by atoms with Crippen LogP contribution in [0.1, 0.15) is 25.7 Å². The number of thioether (sulfide) groups is 1. The summed E-state index contributed by atoms with van der Waals surface area (Å²) < 4.78 is 41.6. The van der Waals surface area contributed by atoms with E-state index in [1.807, 2.05) is 6.26 Å². The molecule has 3 N–H and O–H groups in total. The highest BCUT2D eigenvalue weighted by atomic mass is 79.9. The second kappa shape index (κ2) is 6.85. The summed E-state index contributed by atoms with van der Waals surface area (Å²) in [6.45, 7) is 0. The molecule has 0 saturated heterocycles. The fourth-order valence-electron chi connectivity index (χ4n) is 2.50. The van der Waals surface area contributed by atoms with Crippen molar-refractivity contribution < 1.29 is 12.8 Å². The van der Waals surface area contributed by atoms with Gasteiger partial charge in [-0.1, -0.05) is 6.42 Å². The summed E-state index contributed by atoms with van der Waals surface area (Å²) in [6.07, 6.45) is 5.65. The molecule has 0 amide bonds. The normalized spacial score (nSPS) is 23.2. The fourth-order valence-corrected chi connectivity index (χ4v) is 5.02. The van der Waals surface area contributed by atoms with Crippen LogP contribution in [0, 0.1) is 5.82 Å². The first-order valence-electron chi connectivity index (χ1n) is 6.63. The Labute approximate surface area is 137 Å². The van der Waals surface area contributed by atoms with Crippen LogP contribution in [0.3, 0.4) is 0 Å². The molecule has 0 spiro atoms. The summed E-state index contributed by atoms with van der Waals surface area (Å²) >= 11 is 4.82. The van der Waals surface area contributed by atoms with Crippen molar-refractivity contribution in [2.45, 2.75) is 41.9 Å². The van der Waals surface area contributed by atoms with Crippen molar-refractivity contribution >= 4 is 43.4 Å². The number of halogens is 2. The van der Waals surface area contributed by atoms with Gasteiger partial charge < -0.3 is 5.73 Å². The van der Waals surface area contributed by atoms with E-state index in [1.165, 1.54) is 0 Å². The number of benzene rings is 1. The number of rotatable bonds is 4. The number of sulfonamides is 1. The van der Waals surface area contributed by atoms with Crippen molar-refractivity contribution in [3.8, 4) is 0 Å². The van der Waals surface area contributed by atoms with Crippen LogP contribution in [-0.4, -0.2) is 26.0 Å². The van der Waals surface area contributed by atoms with Crippen molar-refractivity contribution in [3.63, 3.8) is 0 Å². The zero-order valence-corrected chi connectivity index (χ0v) is 14.8. The molecule has 21 heavy (non-hydrogen) atoms. The number of anilines is 1. The maximum Gasteiger partial charge on any atom is 0.243 e. The first kappa shape index (κ1) is 17.1. The Balaban J connectivity index is 2.20. The van der Waals surface area contributed by atoms with Crippen molar-refractivity contribution in [2.24, 2.45) is 0 Å². The van der Waals surface area contributed by atoms with Gasteiger partial charge in [-0.05, 0) is 53.6 Å². The average Bonchev–Trinajstić information content (AvgIpc) is 2.42. The third-order valence-corrected chi connectivity index (χ3v) is 6.94. The molecule has 2 rings (SSSR count). The molecule has 2 atom stereocenters. The van der Waals surface area contributed by atoms with E-state index < -0.39 is 20.7 Å². The molecule has 1 saturated carbocycles. The Morgan fingerprint density at radius 2 is 2.14 bits per heavy atom. The maximum absolute atomic E-state index is 13.9. The second-order valence-corrected chi connectivity index (χ2v) is 8.82. The summed E-state index contributed by atoms with van der Waals surface area (Å²) in [4.78, 5) is -0.394. The predicted octanol–water partition coefficient (Wildman–Crippen LogP) is 3.12. The van der Waals surface area contributed by atoms with Gasteiger partial charge in [0.2, 0.25) is 10.0 Å². The quantitative estimate of drug-likeness (QED) is 0.766. The van der Waals surface area contributed by atoms with Crippen LogP contribution >= 0.6 is 27.7 Å². The Kier molecular flexibility index (Phi) is 5.56. The first-order valence-corrected chi connectivity index (χ1v) is 10.2. The van der Waals surface area contributed by atoms with Crippen LogP contribution in [0.4, 0.5) is 10.1 Å². The van der Waals surface area contributed by atoms with Gasteiger partial charge in [0.15, 0.2) is 0 Å². The van der Waals surface area contributed by atoms with Gasteiger partial charge in [-0.25, -0.2) is 17.5 Å². The van der Waals surface area contributed by atoms with E-state index in [4.69, 9.17) is 5.73 Å². The Bertz CT molecular complexity index is 625. The molecule has 118 valence electrons. The average molecular weight is 397 g/mol. The minimum absolute atomic E-state index is 0.148. The standard InChI is InChI=1S/C13H18BrFN2O2S2/c1-20-9-4-2-3-8(5-9)17-21(18,19)13-7-12(16)10(14)6-11(13)15/h6-9,17H,2-5,16H2,1H3. The van der Waals surface area contributed by atoms with E-state index in [9.17, 15) is 12.8 Å². The highest BCUT2D eigenvalue weighted by Gasteiger charge is 2.28. The van der Waals surface area contributed by atoms with Gasteiger partial charge in [-0.3, -0.25) is 0 Å². The highest BCUT2D eigenvalue weighted by Crippen LogP contribution is 2.29. The Morgan fingerprint density at radius 3 is 2.81 bits per heavy atom. The smallest absolute Gasteiger partial charge is 0.243 e. The molecule has 4 nitrogen and oxygen atoms in total. The van der Waals surface area contributed by atoms with Crippen molar-refractivity contribution in [3.05, 3.63) is 22.4 Å². The van der Waals surface area contributed by atoms with Crippen LogP contribution < -0.4 is 10.5 Å². The number of hydrogen-bond acceptors (Lipinski definition) is 4. The lowest BCUT2D eigenvalue weighted by atomic mass is 9.96. The number of nitrogen functional groups attached to an aromatic ring is 1. The minimum Gasteiger partial charge on any atom is -0.398 e. The molecule has 8 heteroatoms. The van der Waals surface area contributed by atoms with Crippen molar-refractivity contribution in [1.82, 2.24) is 4.72 Å². The summed E-state index contributed by atoms with van der Waals surface area (Å²) in [5.74, 6) is -0.805. The lowest BCUT2D eigenvalue weighted by molar-refractivity contribution is 0.419.